The zero-order valence-electron chi connectivity index (χ0n) is 7.44. The van der Waals surface area contributed by atoms with Crippen molar-refractivity contribution in [3.63, 3.8) is 0 Å². The fourth-order valence-corrected chi connectivity index (χ4v) is 1.73. The Morgan fingerprint density at radius 2 is 2.53 bits per heavy atom. The zero-order valence-corrected chi connectivity index (χ0v) is 9.84. The Kier molecular flexibility index (Phi) is 3.12. The number of nitrogens with zero attached hydrogens (tertiary/aromatic N) is 2. The average Bonchev–Trinajstić information content (AvgIpc) is 2.84. The molecule has 2 aromatic heterocycles. The van der Waals surface area contributed by atoms with Crippen LogP contribution in [-0.4, -0.2) is 15.5 Å². The number of furan rings is 1. The Labute approximate surface area is 97.8 Å². The Balaban J connectivity index is 1.93. The third-order valence-corrected chi connectivity index (χ3v) is 2.74. The number of amides is 1. The second-order valence-corrected chi connectivity index (χ2v) is 4.36. The van der Waals surface area contributed by atoms with Crippen molar-refractivity contribution in [3.8, 4) is 0 Å². The van der Waals surface area contributed by atoms with Gasteiger partial charge in [0.05, 0.1) is 23.2 Å². The molecule has 0 bridgehead atoms. The summed E-state index contributed by atoms with van der Waals surface area (Å²) in [4.78, 5) is 12.4. The van der Waals surface area contributed by atoms with Crippen LogP contribution in [0.15, 0.2) is 27.6 Å². The molecule has 0 aromatic carbocycles. The van der Waals surface area contributed by atoms with Crippen molar-refractivity contribution in [2.45, 2.75) is 6.54 Å². The van der Waals surface area contributed by atoms with E-state index in [-0.39, 0.29) is 5.91 Å². The molecule has 2 rings (SSSR count). The summed E-state index contributed by atoms with van der Waals surface area (Å²) >= 11 is 4.38. The summed E-state index contributed by atoms with van der Waals surface area (Å²) in [6.45, 7) is 0.430. The summed E-state index contributed by atoms with van der Waals surface area (Å²) in [5.74, 6) is -0.183. The minimum absolute atomic E-state index is 0.183. The lowest BCUT2D eigenvalue weighted by molar-refractivity contribution is 0.0950. The highest BCUT2D eigenvalue weighted by Crippen LogP contribution is 2.13. The third kappa shape index (κ3) is 2.63. The van der Waals surface area contributed by atoms with Crippen molar-refractivity contribution in [3.05, 3.63) is 33.6 Å². The fraction of sp³-hybridized carbons (Fsp3) is 0.125. The molecule has 2 aromatic rings. The van der Waals surface area contributed by atoms with Gasteiger partial charge in [0.15, 0.2) is 4.67 Å². The molecule has 0 aliphatic carbocycles. The lowest BCUT2D eigenvalue weighted by Gasteiger charge is -1.98. The molecule has 5 nitrogen and oxygen atoms in total. The number of halogens is 1. The van der Waals surface area contributed by atoms with E-state index >= 15 is 0 Å². The van der Waals surface area contributed by atoms with Crippen LogP contribution in [-0.2, 0) is 6.54 Å². The van der Waals surface area contributed by atoms with Crippen LogP contribution in [0, 0.1) is 0 Å². The SMILES string of the molecule is O=C(NCc1cnns1)c1coc(Br)c1. The van der Waals surface area contributed by atoms with Crippen LogP contribution in [0.4, 0.5) is 0 Å². The van der Waals surface area contributed by atoms with E-state index in [1.807, 2.05) is 0 Å². The van der Waals surface area contributed by atoms with E-state index in [0.717, 1.165) is 4.88 Å². The molecule has 0 radical (unpaired) electrons. The van der Waals surface area contributed by atoms with Gasteiger partial charge in [-0.3, -0.25) is 4.79 Å². The lowest BCUT2D eigenvalue weighted by atomic mass is 10.3. The van der Waals surface area contributed by atoms with Gasteiger partial charge in [0, 0.05) is 6.07 Å². The van der Waals surface area contributed by atoms with E-state index in [2.05, 4.69) is 30.8 Å². The van der Waals surface area contributed by atoms with E-state index in [1.54, 1.807) is 12.3 Å². The van der Waals surface area contributed by atoms with Gasteiger partial charge in [-0.15, -0.1) is 5.10 Å². The fourth-order valence-electron chi connectivity index (χ4n) is 0.964. The Morgan fingerprint density at radius 3 is 3.13 bits per heavy atom. The molecule has 0 unspecified atom stereocenters. The summed E-state index contributed by atoms with van der Waals surface area (Å²) in [5, 5.41) is 6.39. The standard InChI is InChI=1S/C8H6BrN3O2S/c9-7-1-5(4-14-7)8(13)10-2-6-3-11-12-15-6/h1,3-4H,2H2,(H,10,13). The molecule has 0 fully saturated rings. The Morgan fingerprint density at radius 1 is 1.67 bits per heavy atom. The van der Waals surface area contributed by atoms with Crippen molar-refractivity contribution >= 4 is 33.4 Å². The third-order valence-electron chi connectivity index (χ3n) is 1.66. The molecule has 7 heteroatoms. The predicted molar refractivity (Wildman–Crippen MR) is 57.5 cm³/mol. The van der Waals surface area contributed by atoms with Gasteiger partial charge in [-0.25, -0.2) is 0 Å². The molecule has 0 aliphatic rings. The molecule has 78 valence electrons. The number of hydrogen-bond acceptors (Lipinski definition) is 5. The lowest BCUT2D eigenvalue weighted by Crippen LogP contribution is -2.21. The maximum absolute atomic E-state index is 11.5. The molecule has 15 heavy (non-hydrogen) atoms. The maximum atomic E-state index is 11.5. The van der Waals surface area contributed by atoms with Gasteiger partial charge in [0.2, 0.25) is 0 Å². The first kappa shape index (κ1) is 10.3. The first-order valence-corrected chi connectivity index (χ1v) is 5.61. The van der Waals surface area contributed by atoms with Crippen LogP contribution in [0.3, 0.4) is 0 Å². The number of carbonyl (C=O) groups is 1. The Bertz CT molecular complexity index is 454. The van der Waals surface area contributed by atoms with Gasteiger partial charge in [-0.05, 0) is 27.5 Å². The highest BCUT2D eigenvalue weighted by atomic mass is 79.9. The average molecular weight is 288 g/mol. The van der Waals surface area contributed by atoms with E-state index in [4.69, 9.17) is 4.42 Å². The molecule has 1 N–H and O–H groups in total. The number of hydrogen-bond donors (Lipinski definition) is 1. The summed E-state index contributed by atoms with van der Waals surface area (Å²) in [5.41, 5.74) is 0.486. The number of nitrogens with one attached hydrogen (secondary N) is 1. The van der Waals surface area contributed by atoms with Crippen LogP contribution in [0.25, 0.3) is 0 Å². The van der Waals surface area contributed by atoms with Crippen molar-refractivity contribution in [2.75, 3.05) is 0 Å². The monoisotopic (exact) mass is 287 g/mol. The van der Waals surface area contributed by atoms with Crippen LogP contribution >= 0.6 is 27.5 Å². The van der Waals surface area contributed by atoms with Crippen molar-refractivity contribution < 1.29 is 9.21 Å². The quantitative estimate of drug-likeness (QED) is 0.935. The van der Waals surface area contributed by atoms with Gasteiger partial charge in [0.25, 0.3) is 5.91 Å². The van der Waals surface area contributed by atoms with Crippen LogP contribution in [0.2, 0.25) is 0 Å². The topological polar surface area (TPSA) is 68.0 Å². The van der Waals surface area contributed by atoms with Crippen molar-refractivity contribution in [2.24, 2.45) is 0 Å². The van der Waals surface area contributed by atoms with E-state index in [0.29, 0.717) is 16.8 Å². The maximum Gasteiger partial charge on any atom is 0.254 e. The van der Waals surface area contributed by atoms with E-state index in [9.17, 15) is 4.79 Å². The highest BCUT2D eigenvalue weighted by molar-refractivity contribution is 9.10. The van der Waals surface area contributed by atoms with Gasteiger partial charge in [-0.2, -0.15) is 0 Å². The first-order valence-electron chi connectivity index (χ1n) is 4.04. The van der Waals surface area contributed by atoms with Gasteiger partial charge in [-0.1, -0.05) is 4.49 Å². The van der Waals surface area contributed by atoms with E-state index < -0.39 is 0 Å². The molecule has 2 heterocycles. The second kappa shape index (κ2) is 4.54. The van der Waals surface area contributed by atoms with Crippen molar-refractivity contribution in [1.82, 2.24) is 14.9 Å². The number of carbonyl (C=O) groups excluding carboxylic acids is 1. The summed E-state index contributed by atoms with van der Waals surface area (Å²) in [6, 6.07) is 1.61. The predicted octanol–water partition coefficient (Wildman–Crippen LogP) is 1.82. The molecular formula is C8H6BrN3O2S. The highest BCUT2D eigenvalue weighted by Gasteiger charge is 2.08. The van der Waals surface area contributed by atoms with Gasteiger partial charge >= 0.3 is 0 Å². The Hall–Kier alpha value is -1.21. The van der Waals surface area contributed by atoms with Gasteiger partial charge in [0.1, 0.15) is 6.26 Å². The van der Waals surface area contributed by atoms with Crippen LogP contribution in [0.5, 0.6) is 0 Å². The first-order chi connectivity index (χ1) is 7.25. The summed E-state index contributed by atoms with van der Waals surface area (Å²) < 4.78 is 9.18. The van der Waals surface area contributed by atoms with Gasteiger partial charge < -0.3 is 9.73 Å². The largest absolute Gasteiger partial charge is 0.457 e. The van der Waals surface area contributed by atoms with Crippen LogP contribution < -0.4 is 5.32 Å². The molecular weight excluding hydrogens is 282 g/mol. The second-order valence-electron chi connectivity index (χ2n) is 2.71. The van der Waals surface area contributed by atoms with Crippen LogP contribution in [0.1, 0.15) is 15.2 Å². The van der Waals surface area contributed by atoms with E-state index in [1.165, 1.54) is 17.8 Å². The smallest absolute Gasteiger partial charge is 0.254 e. The number of aromatic nitrogens is 2. The number of rotatable bonds is 3. The molecule has 0 saturated carbocycles. The molecule has 0 spiro atoms. The minimum atomic E-state index is -0.183. The molecule has 0 saturated heterocycles. The normalized spacial score (nSPS) is 10.2. The zero-order chi connectivity index (χ0) is 10.7. The van der Waals surface area contributed by atoms with Crippen molar-refractivity contribution in [1.29, 1.82) is 0 Å². The molecule has 0 aliphatic heterocycles. The summed E-state index contributed by atoms with van der Waals surface area (Å²) in [6.07, 6.45) is 3.01. The summed E-state index contributed by atoms with van der Waals surface area (Å²) in [7, 11) is 0. The molecule has 0 atom stereocenters. The minimum Gasteiger partial charge on any atom is -0.457 e. The molecule has 1 amide bonds.